The molecule has 3 nitrogen and oxygen atoms in total. The first-order valence-electron chi connectivity index (χ1n) is 7.22. The lowest BCUT2D eigenvalue weighted by molar-refractivity contribution is 0.0337. The van der Waals surface area contributed by atoms with Crippen molar-refractivity contribution in [2.24, 2.45) is 0 Å². The Labute approximate surface area is 120 Å². The highest BCUT2D eigenvalue weighted by Crippen LogP contribution is 2.17. The van der Waals surface area contributed by atoms with E-state index in [1.807, 2.05) is 11.3 Å². The Morgan fingerprint density at radius 2 is 2.42 bits per heavy atom. The minimum Gasteiger partial charge on any atom is -0.377 e. The van der Waals surface area contributed by atoms with Gasteiger partial charge >= 0.3 is 0 Å². The van der Waals surface area contributed by atoms with E-state index < -0.39 is 0 Å². The van der Waals surface area contributed by atoms with Gasteiger partial charge in [-0.3, -0.25) is 4.90 Å². The summed E-state index contributed by atoms with van der Waals surface area (Å²) in [6, 6.07) is 4.32. The van der Waals surface area contributed by atoms with E-state index in [9.17, 15) is 0 Å². The van der Waals surface area contributed by atoms with E-state index in [1.54, 1.807) is 0 Å². The SMILES string of the molecule is CC(C)OCCN(Cc1cccs1)CC1CCCO1. The van der Waals surface area contributed by atoms with Gasteiger partial charge in [0.15, 0.2) is 0 Å². The smallest absolute Gasteiger partial charge is 0.0703 e. The van der Waals surface area contributed by atoms with Crippen LogP contribution in [0.2, 0.25) is 0 Å². The second kappa shape index (κ2) is 8.00. The van der Waals surface area contributed by atoms with E-state index >= 15 is 0 Å². The zero-order valence-electron chi connectivity index (χ0n) is 12.0. The van der Waals surface area contributed by atoms with Crippen molar-refractivity contribution in [3.05, 3.63) is 22.4 Å². The number of ether oxygens (including phenoxy) is 2. The average Bonchev–Trinajstić information content (AvgIpc) is 3.01. The Morgan fingerprint density at radius 3 is 3.05 bits per heavy atom. The van der Waals surface area contributed by atoms with Crippen LogP contribution >= 0.6 is 11.3 Å². The molecule has 0 N–H and O–H groups in total. The number of nitrogens with zero attached hydrogens (tertiary/aromatic N) is 1. The molecular weight excluding hydrogens is 258 g/mol. The molecule has 1 aromatic rings. The normalized spacial score (nSPS) is 19.7. The molecule has 108 valence electrons. The maximum absolute atomic E-state index is 5.75. The maximum Gasteiger partial charge on any atom is 0.0703 e. The summed E-state index contributed by atoms with van der Waals surface area (Å²) in [6.45, 7) is 8.93. The first-order valence-corrected chi connectivity index (χ1v) is 8.10. The van der Waals surface area contributed by atoms with E-state index in [0.717, 1.165) is 32.8 Å². The summed E-state index contributed by atoms with van der Waals surface area (Å²) >= 11 is 1.83. The molecule has 19 heavy (non-hydrogen) atoms. The van der Waals surface area contributed by atoms with Gasteiger partial charge in [0.25, 0.3) is 0 Å². The van der Waals surface area contributed by atoms with Crippen LogP contribution in [-0.2, 0) is 16.0 Å². The molecule has 0 bridgehead atoms. The van der Waals surface area contributed by atoms with Gasteiger partial charge in [0, 0.05) is 31.1 Å². The Morgan fingerprint density at radius 1 is 1.53 bits per heavy atom. The van der Waals surface area contributed by atoms with E-state index in [-0.39, 0.29) is 0 Å². The standard InChI is InChI=1S/C15H25NO2S/c1-13(2)17-9-7-16(11-14-5-3-8-18-14)12-15-6-4-10-19-15/h4,6,10,13-14H,3,5,7-9,11-12H2,1-2H3. The average molecular weight is 283 g/mol. The second-order valence-electron chi connectivity index (χ2n) is 5.37. The summed E-state index contributed by atoms with van der Waals surface area (Å²) in [6.07, 6.45) is 3.14. The van der Waals surface area contributed by atoms with E-state index in [4.69, 9.17) is 9.47 Å². The number of rotatable bonds is 8. The van der Waals surface area contributed by atoms with Crippen molar-refractivity contribution in [3.63, 3.8) is 0 Å². The molecule has 1 atom stereocenters. The van der Waals surface area contributed by atoms with Crippen molar-refractivity contribution < 1.29 is 9.47 Å². The van der Waals surface area contributed by atoms with Crippen LogP contribution in [0.15, 0.2) is 17.5 Å². The van der Waals surface area contributed by atoms with Gasteiger partial charge in [-0.2, -0.15) is 0 Å². The molecule has 0 saturated carbocycles. The lowest BCUT2D eigenvalue weighted by Crippen LogP contribution is -2.34. The van der Waals surface area contributed by atoms with Gasteiger partial charge in [-0.05, 0) is 38.1 Å². The molecule has 1 aromatic heterocycles. The van der Waals surface area contributed by atoms with Gasteiger partial charge in [0.1, 0.15) is 0 Å². The lowest BCUT2D eigenvalue weighted by atomic mass is 10.2. The largest absolute Gasteiger partial charge is 0.377 e. The summed E-state index contributed by atoms with van der Waals surface area (Å²) in [5.74, 6) is 0. The van der Waals surface area contributed by atoms with Crippen molar-refractivity contribution in [2.45, 2.75) is 45.4 Å². The van der Waals surface area contributed by atoms with Crippen LogP contribution in [0.25, 0.3) is 0 Å². The molecule has 0 radical (unpaired) electrons. The molecule has 1 unspecified atom stereocenters. The molecule has 0 amide bonds. The van der Waals surface area contributed by atoms with E-state index in [1.165, 1.54) is 17.7 Å². The Bertz CT molecular complexity index is 334. The summed E-state index contributed by atoms with van der Waals surface area (Å²) in [7, 11) is 0. The Hall–Kier alpha value is -0.420. The molecule has 2 heterocycles. The zero-order chi connectivity index (χ0) is 13.5. The van der Waals surface area contributed by atoms with Gasteiger partial charge in [-0.15, -0.1) is 11.3 Å². The molecule has 1 aliphatic rings. The Kier molecular flexibility index (Phi) is 6.31. The summed E-state index contributed by atoms with van der Waals surface area (Å²) in [4.78, 5) is 3.88. The lowest BCUT2D eigenvalue weighted by Gasteiger charge is -2.25. The monoisotopic (exact) mass is 283 g/mol. The fourth-order valence-corrected chi connectivity index (χ4v) is 3.10. The zero-order valence-corrected chi connectivity index (χ0v) is 12.8. The summed E-state index contributed by atoms with van der Waals surface area (Å²) in [5, 5.41) is 2.14. The van der Waals surface area contributed by atoms with Gasteiger partial charge < -0.3 is 9.47 Å². The van der Waals surface area contributed by atoms with Gasteiger partial charge in [-0.25, -0.2) is 0 Å². The third kappa shape index (κ3) is 5.61. The first-order chi connectivity index (χ1) is 9.24. The van der Waals surface area contributed by atoms with Gasteiger partial charge in [-0.1, -0.05) is 6.07 Å². The summed E-state index contributed by atoms with van der Waals surface area (Å²) in [5.41, 5.74) is 0. The van der Waals surface area contributed by atoms with Crippen LogP contribution in [-0.4, -0.2) is 43.4 Å². The van der Waals surface area contributed by atoms with Crippen LogP contribution < -0.4 is 0 Å². The minimum atomic E-state index is 0.311. The molecule has 1 fully saturated rings. The molecule has 0 aromatic carbocycles. The van der Waals surface area contributed by atoms with Crippen LogP contribution in [0, 0.1) is 0 Å². The van der Waals surface area contributed by atoms with Crippen LogP contribution in [0.1, 0.15) is 31.6 Å². The van der Waals surface area contributed by atoms with Crippen molar-refractivity contribution >= 4 is 11.3 Å². The molecule has 0 aliphatic carbocycles. The van der Waals surface area contributed by atoms with Crippen LogP contribution in [0.5, 0.6) is 0 Å². The van der Waals surface area contributed by atoms with Gasteiger partial charge in [0.2, 0.25) is 0 Å². The van der Waals surface area contributed by atoms with Crippen molar-refractivity contribution in [1.82, 2.24) is 4.90 Å². The fourth-order valence-electron chi connectivity index (χ4n) is 2.35. The topological polar surface area (TPSA) is 21.7 Å². The maximum atomic E-state index is 5.75. The Balaban J connectivity index is 1.80. The van der Waals surface area contributed by atoms with E-state index in [2.05, 4.69) is 36.3 Å². The van der Waals surface area contributed by atoms with Crippen LogP contribution in [0.3, 0.4) is 0 Å². The highest BCUT2D eigenvalue weighted by atomic mass is 32.1. The molecule has 2 rings (SSSR count). The molecular formula is C15H25NO2S. The number of hydrogen-bond donors (Lipinski definition) is 0. The fraction of sp³-hybridized carbons (Fsp3) is 0.733. The van der Waals surface area contributed by atoms with Crippen molar-refractivity contribution in [2.75, 3.05) is 26.3 Å². The van der Waals surface area contributed by atoms with Gasteiger partial charge in [0.05, 0.1) is 18.8 Å². The highest BCUT2D eigenvalue weighted by molar-refractivity contribution is 7.09. The number of thiophene rings is 1. The molecule has 4 heteroatoms. The summed E-state index contributed by atoms with van der Waals surface area (Å²) < 4.78 is 11.4. The van der Waals surface area contributed by atoms with Crippen LogP contribution in [0.4, 0.5) is 0 Å². The predicted molar refractivity (Wildman–Crippen MR) is 79.7 cm³/mol. The quantitative estimate of drug-likeness (QED) is 0.731. The minimum absolute atomic E-state index is 0.311. The third-order valence-electron chi connectivity index (χ3n) is 3.30. The van der Waals surface area contributed by atoms with Crippen molar-refractivity contribution in [3.8, 4) is 0 Å². The van der Waals surface area contributed by atoms with E-state index in [0.29, 0.717) is 12.2 Å². The predicted octanol–water partition coefficient (Wildman–Crippen LogP) is 3.15. The first kappa shape index (κ1) is 15.0. The molecule has 1 saturated heterocycles. The second-order valence-corrected chi connectivity index (χ2v) is 6.40. The molecule has 0 spiro atoms. The molecule has 1 aliphatic heterocycles. The highest BCUT2D eigenvalue weighted by Gasteiger charge is 2.19. The van der Waals surface area contributed by atoms with Crippen molar-refractivity contribution in [1.29, 1.82) is 0 Å². The third-order valence-corrected chi connectivity index (χ3v) is 4.17. The number of hydrogen-bond acceptors (Lipinski definition) is 4.